The fourth-order valence-corrected chi connectivity index (χ4v) is 10.9. The Morgan fingerprint density at radius 1 is 1.15 bits per heavy atom. The molecule has 0 aromatic carbocycles. The zero-order chi connectivity index (χ0) is 18.3. The first kappa shape index (κ1) is 18.3. The molecule has 4 rings (SSSR count). The summed E-state index contributed by atoms with van der Waals surface area (Å²) in [7, 11) is 0.843. The Hall–Kier alpha value is -1.11. The maximum atomic E-state index is 14.4. The van der Waals surface area contributed by atoms with Crippen molar-refractivity contribution in [2.75, 3.05) is 7.11 Å². The molecule has 144 valence electrons. The summed E-state index contributed by atoms with van der Waals surface area (Å²) in [6.45, 7) is 3.88. The van der Waals surface area contributed by atoms with Crippen LogP contribution >= 0.6 is 0 Å². The molecule has 0 amide bonds. The number of methoxy groups -OCH3 is 1. The first-order valence-corrected chi connectivity index (χ1v) is 13.0. The molecule has 0 aromatic rings. The molecule has 2 atom stereocenters. The third-order valence-electron chi connectivity index (χ3n) is 6.96. The Morgan fingerprint density at radius 3 is 2.50 bits per heavy atom. The Bertz CT molecular complexity index is 656. The summed E-state index contributed by atoms with van der Waals surface area (Å²) in [5, 5.41) is 10.5. The molecule has 2 fully saturated rings. The van der Waals surface area contributed by atoms with Gasteiger partial charge >= 0.3 is 0 Å². The highest BCUT2D eigenvalue weighted by molar-refractivity contribution is 6.80. The molecular formula is C20H32FN3OSi. The largest absolute Gasteiger partial charge is 0.365 e. The van der Waals surface area contributed by atoms with Gasteiger partial charge in [0, 0.05) is 24.4 Å². The summed E-state index contributed by atoms with van der Waals surface area (Å²) in [6, 6.07) is 6.58. The molecule has 4 heterocycles. The monoisotopic (exact) mass is 377 g/mol. The number of rotatable bonds is 4. The van der Waals surface area contributed by atoms with E-state index in [0.29, 0.717) is 6.04 Å². The minimum absolute atomic E-state index is 0.145. The predicted molar refractivity (Wildman–Crippen MR) is 106 cm³/mol. The summed E-state index contributed by atoms with van der Waals surface area (Å²) in [6.07, 6.45) is 6.69. The van der Waals surface area contributed by atoms with E-state index in [2.05, 4.69) is 16.0 Å². The molecule has 0 saturated carbocycles. The third kappa shape index (κ3) is 3.27. The number of nitrogens with one attached hydrogen (secondary N) is 3. The van der Waals surface area contributed by atoms with Gasteiger partial charge in [-0.1, -0.05) is 37.0 Å². The van der Waals surface area contributed by atoms with Gasteiger partial charge in [0.25, 0.3) is 0 Å². The fourth-order valence-electron chi connectivity index (χ4n) is 5.44. The van der Waals surface area contributed by atoms with Gasteiger partial charge in [-0.05, 0) is 38.3 Å². The number of halogens is 1. The highest BCUT2D eigenvalue weighted by Crippen LogP contribution is 2.42. The van der Waals surface area contributed by atoms with Crippen molar-refractivity contribution in [1.29, 1.82) is 0 Å². The molecule has 6 heteroatoms. The lowest BCUT2D eigenvalue weighted by Gasteiger charge is -2.37. The summed E-state index contributed by atoms with van der Waals surface area (Å²) in [4.78, 5) is 0. The van der Waals surface area contributed by atoms with Crippen molar-refractivity contribution < 1.29 is 9.13 Å². The number of ether oxygens (including phenoxy) is 1. The molecule has 1 spiro atoms. The van der Waals surface area contributed by atoms with Crippen LogP contribution in [0.5, 0.6) is 0 Å². The Kier molecular flexibility index (Phi) is 5.01. The van der Waals surface area contributed by atoms with E-state index in [4.69, 9.17) is 4.74 Å². The van der Waals surface area contributed by atoms with Crippen LogP contribution in [0.25, 0.3) is 0 Å². The van der Waals surface area contributed by atoms with E-state index < -0.39 is 8.07 Å². The van der Waals surface area contributed by atoms with E-state index in [9.17, 15) is 4.39 Å². The van der Waals surface area contributed by atoms with E-state index in [1.54, 1.807) is 25.3 Å². The predicted octanol–water partition coefficient (Wildman–Crippen LogP) is 3.89. The van der Waals surface area contributed by atoms with Crippen molar-refractivity contribution in [1.82, 2.24) is 16.0 Å². The molecule has 26 heavy (non-hydrogen) atoms. The standard InChI is InChI=1S/C20H32FN3OSi/c1-13-12-16(21)17-14(2)18(24-19(17)22-13)20(25-3)23-15-6-10-26(11-7-15)8-4-5-9-26/h12,15,19-20,22-24H,4-11H2,1-3H3. The maximum absolute atomic E-state index is 14.4. The smallest absolute Gasteiger partial charge is 0.148 e. The van der Waals surface area contributed by atoms with Gasteiger partial charge in [0.05, 0.1) is 13.8 Å². The van der Waals surface area contributed by atoms with Gasteiger partial charge < -0.3 is 15.4 Å². The van der Waals surface area contributed by atoms with Crippen LogP contribution in [-0.2, 0) is 4.74 Å². The van der Waals surface area contributed by atoms with Gasteiger partial charge in [0.2, 0.25) is 0 Å². The van der Waals surface area contributed by atoms with E-state index in [1.807, 2.05) is 13.8 Å². The van der Waals surface area contributed by atoms with E-state index in [-0.39, 0.29) is 18.2 Å². The van der Waals surface area contributed by atoms with Crippen LogP contribution < -0.4 is 16.0 Å². The number of hydrogen-bond acceptors (Lipinski definition) is 4. The van der Waals surface area contributed by atoms with Crippen LogP contribution in [-0.4, -0.2) is 33.6 Å². The summed E-state index contributed by atoms with van der Waals surface area (Å²) < 4.78 is 20.2. The van der Waals surface area contributed by atoms with Crippen LogP contribution in [0.4, 0.5) is 4.39 Å². The number of hydrogen-bond donors (Lipinski definition) is 3. The van der Waals surface area contributed by atoms with Crippen LogP contribution in [0.1, 0.15) is 39.5 Å². The van der Waals surface area contributed by atoms with E-state index in [1.165, 1.54) is 37.8 Å². The Morgan fingerprint density at radius 2 is 1.85 bits per heavy atom. The summed E-state index contributed by atoms with van der Waals surface area (Å²) >= 11 is 0. The topological polar surface area (TPSA) is 45.3 Å². The van der Waals surface area contributed by atoms with Crippen molar-refractivity contribution >= 4 is 8.07 Å². The lowest BCUT2D eigenvalue weighted by Crippen LogP contribution is -2.49. The lowest BCUT2D eigenvalue weighted by atomic mass is 10.0. The Balaban J connectivity index is 1.44. The fraction of sp³-hybridized carbons (Fsp3) is 0.700. The second kappa shape index (κ2) is 7.13. The zero-order valence-corrected chi connectivity index (χ0v) is 17.3. The first-order chi connectivity index (χ1) is 12.5. The number of fused-ring (bicyclic) bond motifs is 1. The van der Waals surface area contributed by atoms with Gasteiger partial charge in [0.1, 0.15) is 18.2 Å². The lowest BCUT2D eigenvalue weighted by molar-refractivity contribution is 0.0835. The molecule has 0 aromatic heterocycles. The maximum Gasteiger partial charge on any atom is 0.148 e. The summed E-state index contributed by atoms with van der Waals surface area (Å²) in [5.74, 6) is -0.145. The minimum atomic E-state index is -0.892. The molecule has 2 saturated heterocycles. The van der Waals surface area contributed by atoms with Crippen LogP contribution in [0.15, 0.2) is 34.4 Å². The number of allylic oxidation sites excluding steroid dienone is 3. The normalized spacial score (nSPS) is 29.5. The van der Waals surface area contributed by atoms with Gasteiger partial charge in [-0.15, -0.1) is 0 Å². The van der Waals surface area contributed by atoms with Crippen LogP contribution in [0, 0.1) is 0 Å². The second-order valence-electron chi connectivity index (χ2n) is 8.61. The SMILES string of the molecule is COC(NC1CC[Si]2(CCCC2)CC1)C1=C(C)C2=C(F)C=C(C)NC2N1. The second-order valence-corrected chi connectivity index (χ2v) is 13.6. The van der Waals surface area contributed by atoms with Crippen LogP contribution in [0.3, 0.4) is 0 Å². The van der Waals surface area contributed by atoms with Gasteiger partial charge in [0.15, 0.2) is 0 Å². The minimum Gasteiger partial charge on any atom is -0.365 e. The quantitative estimate of drug-likeness (QED) is 0.514. The zero-order valence-electron chi connectivity index (χ0n) is 16.3. The van der Waals surface area contributed by atoms with Gasteiger partial charge in [-0.25, -0.2) is 4.39 Å². The third-order valence-corrected chi connectivity index (χ3v) is 12.5. The number of dihydropyridines is 1. The van der Waals surface area contributed by atoms with Crippen molar-refractivity contribution in [3.63, 3.8) is 0 Å². The molecular weight excluding hydrogens is 345 g/mol. The molecule has 4 aliphatic heterocycles. The van der Waals surface area contributed by atoms with Crippen molar-refractivity contribution in [3.8, 4) is 0 Å². The first-order valence-electron chi connectivity index (χ1n) is 10.1. The molecule has 3 N–H and O–H groups in total. The average molecular weight is 378 g/mol. The van der Waals surface area contributed by atoms with E-state index in [0.717, 1.165) is 22.5 Å². The van der Waals surface area contributed by atoms with E-state index >= 15 is 0 Å². The van der Waals surface area contributed by atoms with Crippen molar-refractivity contribution in [2.24, 2.45) is 0 Å². The molecule has 4 nitrogen and oxygen atoms in total. The van der Waals surface area contributed by atoms with Crippen molar-refractivity contribution in [2.45, 2.75) is 82.1 Å². The molecule has 0 aliphatic carbocycles. The molecule has 4 aliphatic rings. The molecule has 0 radical (unpaired) electrons. The summed E-state index contributed by atoms with van der Waals surface area (Å²) in [5.41, 5.74) is 3.49. The average Bonchev–Trinajstić information content (AvgIpc) is 3.19. The van der Waals surface area contributed by atoms with Gasteiger partial charge in [-0.2, -0.15) is 0 Å². The van der Waals surface area contributed by atoms with Gasteiger partial charge in [-0.3, -0.25) is 5.32 Å². The highest BCUT2D eigenvalue weighted by atomic mass is 28.3. The van der Waals surface area contributed by atoms with Crippen LogP contribution in [0.2, 0.25) is 24.2 Å². The molecule has 2 unspecified atom stereocenters. The highest BCUT2D eigenvalue weighted by Gasteiger charge is 2.41. The van der Waals surface area contributed by atoms with Crippen molar-refractivity contribution in [3.05, 3.63) is 34.4 Å². The Labute approximate surface area is 157 Å². The molecule has 0 bridgehead atoms.